The van der Waals surface area contributed by atoms with Gasteiger partial charge in [-0.2, -0.15) is 0 Å². The average molecular weight is 501 g/mol. The second-order valence-corrected chi connectivity index (χ2v) is 9.13. The molecule has 2 aliphatic rings. The summed E-state index contributed by atoms with van der Waals surface area (Å²) in [5.41, 5.74) is 0. The fourth-order valence-corrected chi connectivity index (χ4v) is 4.86. The number of hydrogen-bond acceptors (Lipinski definition) is 4. The number of likely N-dealkylation sites (N-methyl/N-ethyl adjacent to an activating group) is 1. The molecule has 0 aromatic heterocycles. The predicted octanol–water partition coefficient (Wildman–Crippen LogP) is 1.27. The molecule has 7 nitrogen and oxygen atoms in total. The maximum absolute atomic E-state index is 11.6. The molecule has 0 spiro atoms. The molecule has 2 saturated heterocycles. The minimum Gasteiger partial charge on any atom is -0.356 e. The van der Waals surface area contributed by atoms with Gasteiger partial charge in [0.05, 0.1) is 6.26 Å². The maximum Gasteiger partial charge on any atom is 0.211 e. The number of sulfonamides is 1. The number of likely N-dealkylation sites (tertiary alicyclic amines) is 1. The van der Waals surface area contributed by atoms with Crippen LogP contribution in [0.5, 0.6) is 0 Å². The number of nitrogens with one attached hydrogen (secondary N) is 1. The second kappa shape index (κ2) is 11.0. The summed E-state index contributed by atoms with van der Waals surface area (Å²) in [6.45, 7) is 10.9. The Hall–Kier alpha value is -0.130. The summed E-state index contributed by atoms with van der Waals surface area (Å²) in [5, 5.41) is 3.52. The van der Waals surface area contributed by atoms with Gasteiger partial charge < -0.3 is 10.2 Å². The Morgan fingerprint density at radius 2 is 1.77 bits per heavy atom. The van der Waals surface area contributed by atoms with Gasteiger partial charge in [-0.1, -0.05) is 13.8 Å². The number of hydrogen-bond donors (Lipinski definition) is 1. The van der Waals surface area contributed by atoms with E-state index >= 15 is 0 Å². The highest BCUT2D eigenvalue weighted by atomic mass is 127. The summed E-state index contributed by atoms with van der Waals surface area (Å²) in [5.74, 6) is 1.50. The van der Waals surface area contributed by atoms with Crippen molar-refractivity contribution >= 4 is 40.0 Å². The molecule has 0 radical (unpaired) electrons. The third-order valence-corrected chi connectivity index (χ3v) is 6.90. The van der Waals surface area contributed by atoms with Gasteiger partial charge in [0.2, 0.25) is 10.0 Å². The van der Waals surface area contributed by atoms with Crippen LogP contribution < -0.4 is 5.32 Å². The van der Waals surface area contributed by atoms with Crippen LogP contribution in [0.3, 0.4) is 0 Å². The summed E-state index contributed by atoms with van der Waals surface area (Å²) in [6.07, 6.45) is 4.32. The molecule has 2 fully saturated rings. The van der Waals surface area contributed by atoms with E-state index in [4.69, 9.17) is 0 Å². The first-order valence-electron chi connectivity index (χ1n) is 9.53. The average Bonchev–Trinajstić information content (AvgIpc) is 3.06. The molecule has 26 heavy (non-hydrogen) atoms. The van der Waals surface area contributed by atoms with E-state index < -0.39 is 10.0 Å². The number of aliphatic imine (C=N–C) groups is 1. The molecule has 0 aromatic carbocycles. The van der Waals surface area contributed by atoms with Crippen molar-refractivity contribution in [1.82, 2.24) is 19.4 Å². The number of nitrogens with zero attached hydrogens (tertiary/aromatic N) is 4. The molecule has 1 atom stereocenters. The van der Waals surface area contributed by atoms with Crippen molar-refractivity contribution in [1.29, 1.82) is 0 Å². The first-order valence-corrected chi connectivity index (χ1v) is 11.4. The monoisotopic (exact) mass is 501 g/mol. The van der Waals surface area contributed by atoms with Crippen LogP contribution in [0.1, 0.15) is 33.1 Å². The largest absolute Gasteiger partial charge is 0.356 e. The van der Waals surface area contributed by atoms with Gasteiger partial charge in [-0.05, 0) is 38.3 Å². The smallest absolute Gasteiger partial charge is 0.211 e. The number of piperidine rings is 1. The van der Waals surface area contributed by atoms with E-state index in [1.54, 1.807) is 4.31 Å². The van der Waals surface area contributed by atoms with E-state index in [1.807, 2.05) is 7.05 Å². The van der Waals surface area contributed by atoms with Gasteiger partial charge in [-0.3, -0.25) is 9.89 Å². The molecule has 9 heteroatoms. The van der Waals surface area contributed by atoms with E-state index in [9.17, 15) is 8.42 Å². The molecule has 2 rings (SSSR count). The second-order valence-electron chi connectivity index (χ2n) is 7.14. The van der Waals surface area contributed by atoms with Crippen LogP contribution in [0.4, 0.5) is 0 Å². The normalized spacial score (nSPS) is 23.3. The Balaban J connectivity index is 0.00000338. The van der Waals surface area contributed by atoms with Gasteiger partial charge in [-0.15, -0.1) is 24.0 Å². The van der Waals surface area contributed by atoms with E-state index in [0.29, 0.717) is 25.0 Å². The lowest BCUT2D eigenvalue weighted by molar-refractivity contribution is 0.223. The fraction of sp³-hybridized carbons (Fsp3) is 0.941. The summed E-state index contributed by atoms with van der Waals surface area (Å²) >= 11 is 0. The molecule has 0 aliphatic carbocycles. The molecule has 1 unspecified atom stereocenters. The number of guanidine groups is 1. The maximum atomic E-state index is 11.6. The quantitative estimate of drug-likeness (QED) is 0.338. The van der Waals surface area contributed by atoms with Gasteiger partial charge in [-0.25, -0.2) is 12.7 Å². The predicted molar refractivity (Wildman–Crippen MR) is 119 cm³/mol. The molecule has 2 heterocycles. The van der Waals surface area contributed by atoms with Crippen molar-refractivity contribution in [2.75, 3.05) is 59.1 Å². The third kappa shape index (κ3) is 6.49. The first kappa shape index (κ1) is 23.9. The van der Waals surface area contributed by atoms with Crippen LogP contribution in [0.25, 0.3) is 0 Å². The zero-order valence-corrected chi connectivity index (χ0v) is 19.8. The lowest BCUT2D eigenvalue weighted by atomic mass is 9.98. The van der Waals surface area contributed by atoms with Crippen molar-refractivity contribution in [3.05, 3.63) is 0 Å². The van der Waals surface area contributed by atoms with Crippen LogP contribution in [0, 0.1) is 5.92 Å². The van der Waals surface area contributed by atoms with Crippen molar-refractivity contribution < 1.29 is 8.42 Å². The van der Waals surface area contributed by atoms with Crippen LogP contribution in [0.15, 0.2) is 4.99 Å². The highest BCUT2D eigenvalue weighted by molar-refractivity contribution is 14.0. The number of halogens is 1. The first-order chi connectivity index (χ1) is 11.9. The molecular weight excluding hydrogens is 465 g/mol. The van der Waals surface area contributed by atoms with Crippen molar-refractivity contribution in [3.8, 4) is 0 Å². The number of rotatable bonds is 6. The van der Waals surface area contributed by atoms with Gasteiger partial charge in [0.15, 0.2) is 5.96 Å². The minimum atomic E-state index is -3.04. The van der Waals surface area contributed by atoms with E-state index in [2.05, 4.69) is 34.0 Å². The summed E-state index contributed by atoms with van der Waals surface area (Å²) < 4.78 is 24.8. The van der Waals surface area contributed by atoms with Crippen LogP contribution >= 0.6 is 24.0 Å². The molecule has 154 valence electrons. The molecule has 0 bridgehead atoms. The Morgan fingerprint density at radius 1 is 1.15 bits per heavy atom. The summed E-state index contributed by atoms with van der Waals surface area (Å²) in [4.78, 5) is 9.34. The Kier molecular flexibility index (Phi) is 10.1. The van der Waals surface area contributed by atoms with E-state index in [1.165, 1.54) is 12.7 Å². The van der Waals surface area contributed by atoms with Crippen molar-refractivity contribution in [2.45, 2.75) is 39.2 Å². The topological polar surface area (TPSA) is 68.2 Å². The lowest BCUT2D eigenvalue weighted by Crippen LogP contribution is -2.46. The summed E-state index contributed by atoms with van der Waals surface area (Å²) in [6, 6.07) is 0.617. The summed E-state index contributed by atoms with van der Waals surface area (Å²) in [7, 11) is -1.19. The Labute approximate surface area is 176 Å². The molecule has 2 aliphatic heterocycles. The standard InChI is InChI=1S/C17H35N5O2S.HI/c1-5-20(6-2)16-9-10-21(14-16)17(18-3)19-13-15-7-11-22(12-8-15)25(4,23)24;/h15-16H,5-14H2,1-4H3,(H,18,19);1H. The SMILES string of the molecule is CCN(CC)C1CCN(C(=NC)NCC2CCN(S(C)(=O)=O)CC2)C1.I. The molecular formula is C17H36IN5O2S. The van der Waals surface area contributed by atoms with Crippen LogP contribution in [-0.2, 0) is 10.0 Å². The molecule has 0 aromatic rings. The van der Waals surface area contributed by atoms with Gasteiger partial charge in [0, 0.05) is 45.8 Å². The van der Waals surface area contributed by atoms with E-state index in [0.717, 1.165) is 51.5 Å². The zero-order valence-electron chi connectivity index (χ0n) is 16.6. The zero-order chi connectivity index (χ0) is 18.4. The van der Waals surface area contributed by atoms with E-state index in [-0.39, 0.29) is 24.0 Å². The Bertz CT molecular complexity index is 545. The van der Waals surface area contributed by atoms with Crippen molar-refractivity contribution in [3.63, 3.8) is 0 Å². The van der Waals surface area contributed by atoms with Crippen LogP contribution in [0.2, 0.25) is 0 Å². The van der Waals surface area contributed by atoms with Gasteiger partial charge in [0.1, 0.15) is 0 Å². The highest BCUT2D eigenvalue weighted by Gasteiger charge is 2.29. The van der Waals surface area contributed by atoms with Gasteiger partial charge >= 0.3 is 0 Å². The van der Waals surface area contributed by atoms with Crippen molar-refractivity contribution in [2.24, 2.45) is 10.9 Å². The molecule has 0 saturated carbocycles. The van der Waals surface area contributed by atoms with Crippen LogP contribution in [-0.4, -0.2) is 93.6 Å². The van der Waals surface area contributed by atoms with Gasteiger partial charge in [0.25, 0.3) is 0 Å². The minimum absolute atomic E-state index is 0. The fourth-order valence-electron chi connectivity index (χ4n) is 3.99. The molecule has 1 N–H and O–H groups in total. The highest BCUT2D eigenvalue weighted by Crippen LogP contribution is 2.19. The Morgan fingerprint density at radius 3 is 2.27 bits per heavy atom. The molecule has 0 amide bonds. The lowest BCUT2D eigenvalue weighted by Gasteiger charge is -2.31. The third-order valence-electron chi connectivity index (χ3n) is 5.59.